The zero-order chi connectivity index (χ0) is 15.5. The van der Waals surface area contributed by atoms with Crippen molar-refractivity contribution in [2.24, 2.45) is 0 Å². The van der Waals surface area contributed by atoms with Crippen molar-refractivity contribution in [1.82, 2.24) is 14.5 Å². The lowest BCUT2D eigenvalue weighted by molar-refractivity contribution is 0.229. The SMILES string of the molecule is CN(CCN1CCNCC1)S(=O)(=O)c1c(Cl)cccc1Cl. The van der Waals surface area contributed by atoms with Gasteiger partial charge in [-0.1, -0.05) is 29.3 Å². The van der Waals surface area contributed by atoms with Gasteiger partial charge in [0, 0.05) is 46.3 Å². The first-order chi connectivity index (χ1) is 9.93. The fraction of sp³-hybridized carbons (Fsp3) is 0.538. The van der Waals surface area contributed by atoms with Crippen LogP contribution in [0.1, 0.15) is 0 Å². The second-order valence-corrected chi connectivity index (χ2v) is 7.77. The maximum atomic E-state index is 12.6. The van der Waals surface area contributed by atoms with Gasteiger partial charge < -0.3 is 5.32 Å². The van der Waals surface area contributed by atoms with Crippen molar-refractivity contribution < 1.29 is 8.42 Å². The van der Waals surface area contributed by atoms with E-state index in [-0.39, 0.29) is 14.9 Å². The zero-order valence-corrected chi connectivity index (χ0v) is 14.2. The molecule has 8 heteroatoms. The summed E-state index contributed by atoms with van der Waals surface area (Å²) in [7, 11) is -2.12. The molecule has 5 nitrogen and oxygen atoms in total. The maximum Gasteiger partial charge on any atom is 0.245 e. The molecule has 0 amide bonds. The van der Waals surface area contributed by atoms with Gasteiger partial charge in [-0.15, -0.1) is 0 Å². The van der Waals surface area contributed by atoms with Crippen LogP contribution in [-0.2, 0) is 10.0 Å². The van der Waals surface area contributed by atoms with Gasteiger partial charge in [-0.3, -0.25) is 4.90 Å². The first-order valence-corrected chi connectivity index (χ1v) is 8.96. The highest BCUT2D eigenvalue weighted by atomic mass is 35.5. The molecule has 1 aromatic carbocycles. The van der Waals surface area contributed by atoms with Crippen LogP contribution < -0.4 is 5.32 Å². The van der Waals surface area contributed by atoms with Crippen LogP contribution in [0.25, 0.3) is 0 Å². The van der Waals surface area contributed by atoms with E-state index in [0.29, 0.717) is 13.1 Å². The maximum absolute atomic E-state index is 12.6. The van der Waals surface area contributed by atoms with Crippen molar-refractivity contribution in [1.29, 1.82) is 0 Å². The van der Waals surface area contributed by atoms with E-state index < -0.39 is 10.0 Å². The van der Waals surface area contributed by atoms with Gasteiger partial charge >= 0.3 is 0 Å². The lowest BCUT2D eigenvalue weighted by Crippen LogP contribution is -2.46. The quantitative estimate of drug-likeness (QED) is 0.873. The molecular weight excluding hydrogens is 333 g/mol. The van der Waals surface area contributed by atoms with Crippen LogP contribution in [0.4, 0.5) is 0 Å². The number of hydrogen-bond acceptors (Lipinski definition) is 4. The lowest BCUT2D eigenvalue weighted by atomic mass is 10.3. The number of nitrogens with zero attached hydrogens (tertiary/aromatic N) is 2. The predicted octanol–water partition coefficient (Wildman–Crippen LogP) is 1.52. The largest absolute Gasteiger partial charge is 0.314 e. The average Bonchev–Trinajstić information content (AvgIpc) is 2.45. The Morgan fingerprint density at radius 3 is 2.38 bits per heavy atom. The van der Waals surface area contributed by atoms with E-state index in [9.17, 15) is 8.42 Å². The molecule has 21 heavy (non-hydrogen) atoms. The van der Waals surface area contributed by atoms with Gasteiger partial charge in [0.25, 0.3) is 0 Å². The number of likely N-dealkylation sites (N-methyl/N-ethyl adjacent to an activating group) is 1. The fourth-order valence-electron chi connectivity index (χ4n) is 2.22. The van der Waals surface area contributed by atoms with Crippen LogP contribution in [-0.4, -0.2) is 63.9 Å². The van der Waals surface area contributed by atoms with E-state index in [1.807, 2.05) is 0 Å². The first-order valence-electron chi connectivity index (χ1n) is 6.76. The summed E-state index contributed by atoms with van der Waals surface area (Å²) in [5.74, 6) is 0. The fourth-order valence-corrected chi connectivity index (χ4v) is 4.47. The van der Waals surface area contributed by atoms with Crippen molar-refractivity contribution in [2.45, 2.75) is 4.90 Å². The van der Waals surface area contributed by atoms with Gasteiger partial charge in [-0.2, -0.15) is 4.31 Å². The summed E-state index contributed by atoms with van der Waals surface area (Å²) in [6.45, 7) is 4.84. The van der Waals surface area contributed by atoms with E-state index in [1.165, 1.54) is 16.4 Å². The molecule has 0 unspecified atom stereocenters. The lowest BCUT2D eigenvalue weighted by Gasteiger charge is -2.29. The Morgan fingerprint density at radius 1 is 1.24 bits per heavy atom. The smallest absolute Gasteiger partial charge is 0.245 e. The monoisotopic (exact) mass is 351 g/mol. The number of sulfonamides is 1. The summed E-state index contributed by atoms with van der Waals surface area (Å²) < 4.78 is 26.5. The van der Waals surface area contributed by atoms with Crippen molar-refractivity contribution in [3.05, 3.63) is 28.2 Å². The molecule has 0 spiro atoms. The molecule has 0 atom stereocenters. The predicted molar refractivity (Wildman–Crippen MR) is 85.6 cm³/mol. The minimum Gasteiger partial charge on any atom is -0.314 e. The molecule has 1 fully saturated rings. The molecule has 118 valence electrons. The van der Waals surface area contributed by atoms with Crippen LogP contribution in [0, 0.1) is 0 Å². The van der Waals surface area contributed by atoms with E-state index in [1.54, 1.807) is 13.1 Å². The molecule has 1 N–H and O–H groups in total. The van der Waals surface area contributed by atoms with Crippen molar-refractivity contribution in [3.63, 3.8) is 0 Å². The van der Waals surface area contributed by atoms with Gasteiger partial charge in [-0.05, 0) is 12.1 Å². The van der Waals surface area contributed by atoms with Crippen LogP contribution >= 0.6 is 23.2 Å². The Balaban J connectivity index is 2.08. The molecule has 0 aliphatic carbocycles. The molecule has 1 heterocycles. The summed E-state index contributed by atoms with van der Waals surface area (Å²) in [6.07, 6.45) is 0. The minimum atomic E-state index is -3.67. The Morgan fingerprint density at radius 2 is 1.81 bits per heavy atom. The number of hydrogen-bond donors (Lipinski definition) is 1. The Hall–Kier alpha value is -0.370. The third kappa shape index (κ3) is 4.09. The van der Waals surface area contributed by atoms with Crippen molar-refractivity contribution in [2.75, 3.05) is 46.3 Å². The van der Waals surface area contributed by atoms with Gasteiger partial charge in [-0.25, -0.2) is 8.42 Å². The van der Waals surface area contributed by atoms with E-state index in [4.69, 9.17) is 23.2 Å². The Bertz CT molecular complexity index is 569. The summed E-state index contributed by atoms with van der Waals surface area (Å²) >= 11 is 12.0. The second-order valence-electron chi connectivity index (χ2n) is 4.97. The second kappa shape index (κ2) is 7.26. The molecule has 1 aromatic rings. The Labute approximate surface area is 135 Å². The normalized spacial score (nSPS) is 17.3. The summed E-state index contributed by atoms with van der Waals surface area (Å²) in [5, 5.41) is 3.56. The molecule has 2 rings (SSSR count). The third-order valence-electron chi connectivity index (χ3n) is 3.53. The van der Waals surface area contributed by atoms with E-state index in [2.05, 4.69) is 10.2 Å². The van der Waals surface area contributed by atoms with E-state index >= 15 is 0 Å². The summed E-state index contributed by atoms with van der Waals surface area (Å²) in [4.78, 5) is 2.22. The van der Waals surface area contributed by atoms with Gasteiger partial charge in [0.2, 0.25) is 10.0 Å². The van der Waals surface area contributed by atoms with Gasteiger partial charge in [0.15, 0.2) is 0 Å². The average molecular weight is 352 g/mol. The van der Waals surface area contributed by atoms with Crippen LogP contribution in [0.3, 0.4) is 0 Å². The Kier molecular flexibility index (Phi) is 5.88. The molecule has 0 bridgehead atoms. The molecule has 1 aliphatic rings. The van der Waals surface area contributed by atoms with Crippen LogP contribution in [0.15, 0.2) is 23.1 Å². The molecule has 0 saturated carbocycles. The molecule has 1 aliphatic heterocycles. The topological polar surface area (TPSA) is 52.6 Å². The first kappa shape index (κ1) is 17.0. The van der Waals surface area contributed by atoms with Crippen molar-refractivity contribution in [3.8, 4) is 0 Å². The number of nitrogens with one attached hydrogen (secondary N) is 1. The number of rotatable bonds is 5. The van der Waals surface area contributed by atoms with Crippen LogP contribution in [0.5, 0.6) is 0 Å². The van der Waals surface area contributed by atoms with Crippen LogP contribution in [0.2, 0.25) is 10.0 Å². The molecule has 1 saturated heterocycles. The van der Waals surface area contributed by atoms with E-state index in [0.717, 1.165) is 26.2 Å². The van der Waals surface area contributed by atoms with Gasteiger partial charge in [0.1, 0.15) is 4.90 Å². The molecule has 0 aromatic heterocycles. The molecular formula is C13H19Cl2N3O2S. The van der Waals surface area contributed by atoms with Gasteiger partial charge in [0.05, 0.1) is 10.0 Å². The minimum absolute atomic E-state index is 0.0175. The highest BCUT2D eigenvalue weighted by Crippen LogP contribution is 2.30. The number of benzene rings is 1. The highest BCUT2D eigenvalue weighted by molar-refractivity contribution is 7.89. The number of halogens is 2. The standard InChI is InChI=1S/C13H19Cl2N3O2S/c1-17(9-10-18-7-5-16-6-8-18)21(19,20)13-11(14)3-2-4-12(13)15/h2-4,16H,5-10H2,1H3. The van der Waals surface area contributed by atoms with Crippen molar-refractivity contribution >= 4 is 33.2 Å². The highest BCUT2D eigenvalue weighted by Gasteiger charge is 2.26. The number of piperazine rings is 1. The zero-order valence-electron chi connectivity index (χ0n) is 11.8. The summed E-state index contributed by atoms with van der Waals surface area (Å²) in [6, 6.07) is 4.69. The summed E-state index contributed by atoms with van der Waals surface area (Å²) in [5.41, 5.74) is 0. The molecule has 0 radical (unpaired) electrons. The third-order valence-corrected chi connectivity index (χ3v) is 6.34.